The van der Waals surface area contributed by atoms with E-state index in [2.05, 4.69) is 36.4 Å². The third-order valence-electron chi connectivity index (χ3n) is 4.31. The monoisotopic (exact) mass is 351 g/mol. The number of carbonyl (C=O) groups excluding carboxylic acids is 1. The lowest BCUT2D eigenvalue weighted by Crippen LogP contribution is -2.48. The molecule has 1 aromatic carbocycles. The van der Waals surface area contributed by atoms with Crippen molar-refractivity contribution in [2.24, 2.45) is 17.3 Å². The number of hydrogen-bond donors (Lipinski definition) is 2. The minimum absolute atomic E-state index is 0. The summed E-state index contributed by atoms with van der Waals surface area (Å²) in [5.74, 6) is 1.25. The molecule has 2 heterocycles. The first kappa shape index (κ1) is 18.7. The Hall–Kier alpha value is -1.59. The highest BCUT2D eigenvalue weighted by molar-refractivity contribution is 5.94. The Morgan fingerprint density at radius 1 is 1.42 bits per heavy atom. The first-order chi connectivity index (χ1) is 10.8. The topological polar surface area (TPSA) is 67.2 Å². The lowest BCUT2D eigenvalue weighted by molar-refractivity contribution is -0.121. The number of hydrogen-bond acceptors (Lipinski definition) is 4. The summed E-state index contributed by atoms with van der Waals surface area (Å²) in [6.45, 7) is 10.3. The van der Waals surface area contributed by atoms with Gasteiger partial charge in [-0.05, 0) is 42.6 Å². The van der Waals surface area contributed by atoms with E-state index in [0.29, 0.717) is 5.92 Å². The van der Waals surface area contributed by atoms with E-state index in [0.717, 1.165) is 42.2 Å². The van der Waals surface area contributed by atoms with E-state index in [4.69, 9.17) is 4.42 Å². The molecule has 0 aliphatic carbocycles. The van der Waals surface area contributed by atoms with Crippen LogP contribution in [-0.2, 0) is 11.2 Å². The van der Waals surface area contributed by atoms with Crippen molar-refractivity contribution in [1.29, 1.82) is 0 Å². The van der Waals surface area contributed by atoms with Gasteiger partial charge in [-0.1, -0.05) is 27.7 Å². The first-order valence-electron chi connectivity index (χ1n) is 8.23. The Bertz CT molecular complexity index is 717. The highest BCUT2D eigenvalue weighted by atomic mass is 35.5. The molecule has 1 fully saturated rings. The fraction of sp³-hybridized carbons (Fsp3) is 0.556. The van der Waals surface area contributed by atoms with Crippen molar-refractivity contribution in [2.45, 2.75) is 34.1 Å². The zero-order valence-electron chi connectivity index (χ0n) is 14.7. The van der Waals surface area contributed by atoms with Crippen molar-refractivity contribution in [1.82, 2.24) is 10.3 Å². The molecule has 1 aliphatic rings. The highest BCUT2D eigenvalue weighted by Crippen LogP contribution is 2.26. The molecule has 1 aromatic heterocycles. The van der Waals surface area contributed by atoms with E-state index in [9.17, 15) is 4.79 Å². The number of anilines is 1. The van der Waals surface area contributed by atoms with Crippen molar-refractivity contribution in [2.75, 3.05) is 18.4 Å². The zero-order chi connectivity index (χ0) is 16.6. The third kappa shape index (κ3) is 4.28. The van der Waals surface area contributed by atoms with E-state index in [-0.39, 0.29) is 29.6 Å². The summed E-state index contributed by atoms with van der Waals surface area (Å²) in [7, 11) is 0. The van der Waals surface area contributed by atoms with Crippen molar-refractivity contribution < 1.29 is 9.21 Å². The molecule has 1 saturated heterocycles. The van der Waals surface area contributed by atoms with Gasteiger partial charge in [0.05, 0.1) is 0 Å². The van der Waals surface area contributed by atoms with Gasteiger partial charge in [0.1, 0.15) is 5.52 Å². The van der Waals surface area contributed by atoms with Crippen LogP contribution in [0.1, 0.15) is 33.6 Å². The van der Waals surface area contributed by atoms with Gasteiger partial charge >= 0.3 is 0 Å². The number of nitrogens with zero attached hydrogens (tertiary/aromatic N) is 1. The fourth-order valence-corrected chi connectivity index (χ4v) is 2.72. The van der Waals surface area contributed by atoms with Crippen LogP contribution in [0, 0.1) is 17.3 Å². The number of halogens is 1. The summed E-state index contributed by atoms with van der Waals surface area (Å²) < 4.78 is 5.78. The van der Waals surface area contributed by atoms with Crippen LogP contribution in [0.2, 0.25) is 0 Å². The van der Waals surface area contributed by atoms with Crippen molar-refractivity contribution in [3.8, 4) is 0 Å². The number of aromatic nitrogens is 1. The Balaban J connectivity index is 0.00000208. The second-order valence-corrected chi connectivity index (χ2v) is 7.72. The van der Waals surface area contributed by atoms with Gasteiger partial charge in [-0.15, -0.1) is 12.4 Å². The molecular weight excluding hydrogens is 326 g/mol. The predicted molar refractivity (Wildman–Crippen MR) is 98.6 cm³/mol. The van der Waals surface area contributed by atoms with Gasteiger partial charge < -0.3 is 15.1 Å². The molecule has 24 heavy (non-hydrogen) atoms. The number of nitrogens with one attached hydrogen (secondary N) is 2. The molecule has 1 amide bonds. The zero-order valence-corrected chi connectivity index (χ0v) is 15.5. The maximum atomic E-state index is 12.3. The van der Waals surface area contributed by atoms with Gasteiger partial charge in [-0.2, -0.15) is 0 Å². The lowest BCUT2D eigenvalue weighted by Gasteiger charge is -2.31. The second kappa shape index (κ2) is 7.11. The Morgan fingerprint density at radius 2 is 2.12 bits per heavy atom. The smallest absolute Gasteiger partial charge is 0.227 e. The van der Waals surface area contributed by atoms with Crippen LogP contribution in [0.3, 0.4) is 0 Å². The summed E-state index contributed by atoms with van der Waals surface area (Å²) in [6.07, 6.45) is 0.787. The number of fused-ring (bicyclic) bond motifs is 1. The molecule has 1 atom stereocenters. The molecule has 0 saturated carbocycles. The van der Waals surface area contributed by atoms with Crippen LogP contribution in [0.5, 0.6) is 0 Å². The summed E-state index contributed by atoms with van der Waals surface area (Å²) in [5.41, 5.74) is 2.46. The van der Waals surface area contributed by atoms with Gasteiger partial charge in [-0.25, -0.2) is 4.98 Å². The molecule has 1 aliphatic heterocycles. The summed E-state index contributed by atoms with van der Waals surface area (Å²) in [6, 6.07) is 5.63. The van der Waals surface area contributed by atoms with E-state index < -0.39 is 0 Å². The Morgan fingerprint density at radius 3 is 2.71 bits per heavy atom. The molecule has 132 valence electrons. The van der Waals surface area contributed by atoms with Gasteiger partial charge in [0.2, 0.25) is 5.91 Å². The van der Waals surface area contributed by atoms with Crippen LogP contribution in [0.25, 0.3) is 11.1 Å². The van der Waals surface area contributed by atoms with Crippen LogP contribution in [0.4, 0.5) is 5.69 Å². The average molecular weight is 352 g/mol. The van der Waals surface area contributed by atoms with Gasteiger partial charge in [0, 0.05) is 18.0 Å². The number of rotatable bonds is 4. The molecule has 6 heteroatoms. The summed E-state index contributed by atoms with van der Waals surface area (Å²) >= 11 is 0. The standard InChI is InChI=1S/C18H25N3O2.ClH/c1-11(12-9-19-10-12)17(22)20-13-5-6-15-14(7-13)21-16(23-15)8-18(2,3)4;/h5-7,11-12,19H,8-10H2,1-4H3,(H,20,22);1H. The number of carbonyl (C=O) groups is 1. The predicted octanol–water partition coefficient (Wildman–Crippen LogP) is 3.63. The lowest BCUT2D eigenvalue weighted by atomic mass is 9.88. The van der Waals surface area contributed by atoms with E-state index in [1.54, 1.807) is 0 Å². The van der Waals surface area contributed by atoms with E-state index in [1.807, 2.05) is 25.1 Å². The quantitative estimate of drug-likeness (QED) is 0.882. The van der Waals surface area contributed by atoms with Gasteiger partial charge in [0.15, 0.2) is 11.5 Å². The summed E-state index contributed by atoms with van der Waals surface area (Å²) in [5, 5.41) is 6.20. The SMILES string of the molecule is CC(C(=O)Nc1ccc2oc(CC(C)(C)C)nc2c1)C1CNC1.Cl. The maximum Gasteiger partial charge on any atom is 0.227 e. The van der Waals surface area contributed by atoms with Gasteiger partial charge in [0.25, 0.3) is 0 Å². The molecule has 1 unspecified atom stereocenters. The molecule has 5 nitrogen and oxygen atoms in total. The number of amides is 1. The van der Waals surface area contributed by atoms with Crippen LogP contribution < -0.4 is 10.6 Å². The largest absolute Gasteiger partial charge is 0.441 e. The van der Waals surface area contributed by atoms with Crippen LogP contribution in [0.15, 0.2) is 22.6 Å². The van der Waals surface area contributed by atoms with Gasteiger partial charge in [-0.3, -0.25) is 4.79 Å². The molecule has 2 aromatic rings. The van der Waals surface area contributed by atoms with Crippen molar-refractivity contribution in [3.05, 3.63) is 24.1 Å². The second-order valence-electron chi connectivity index (χ2n) is 7.72. The Kier molecular flexibility index (Phi) is 5.56. The van der Waals surface area contributed by atoms with E-state index in [1.165, 1.54) is 0 Å². The minimum atomic E-state index is 0. The number of oxazole rings is 1. The molecule has 0 bridgehead atoms. The highest BCUT2D eigenvalue weighted by Gasteiger charge is 2.28. The van der Waals surface area contributed by atoms with Crippen LogP contribution >= 0.6 is 12.4 Å². The molecule has 0 spiro atoms. The average Bonchev–Trinajstić information content (AvgIpc) is 2.75. The molecular formula is C18H26ClN3O2. The minimum Gasteiger partial charge on any atom is -0.441 e. The maximum absolute atomic E-state index is 12.3. The molecule has 0 radical (unpaired) electrons. The first-order valence-corrected chi connectivity index (χ1v) is 8.23. The van der Waals surface area contributed by atoms with Crippen molar-refractivity contribution >= 4 is 35.1 Å². The van der Waals surface area contributed by atoms with Crippen molar-refractivity contribution in [3.63, 3.8) is 0 Å². The normalized spacial score (nSPS) is 16.3. The van der Waals surface area contributed by atoms with E-state index >= 15 is 0 Å². The fourth-order valence-electron chi connectivity index (χ4n) is 2.72. The number of benzene rings is 1. The molecule has 3 rings (SSSR count). The third-order valence-corrected chi connectivity index (χ3v) is 4.31. The summed E-state index contributed by atoms with van der Waals surface area (Å²) in [4.78, 5) is 16.8. The Labute approximate surface area is 149 Å². The van der Waals surface area contributed by atoms with Crippen LogP contribution in [-0.4, -0.2) is 24.0 Å². The molecule has 2 N–H and O–H groups in total.